The topological polar surface area (TPSA) is 79.3 Å². The van der Waals surface area contributed by atoms with Crippen molar-refractivity contribution in [2.75, 3.05) is 0 Å². The smallest absolute Gasteiger partial charge is 0.336 e. The lowest BCUT2D eigenvalue weighted by Crippen LogP contribution is -2.48. The molecule has 0 saturated heterocycles. The second-order valence-electron chi connectivity index (χ2n) is 2.95. The molecule has 1 atom stereocenters. The van der Waals surface area contributed by atoms with Gasteiger partial charge in [-0.3, -0.25) is 4.79 Å². The molecule has 76 valence electrons. The summed E-state index contributed by atoms with van der Waals surface area (Å²) >= 11 is 1.19. The van der Waals surface area contributed by atoms with E-state index in [2.05, 4.69) is 10.3 Å². The largest absolute Gasteiger partial charge is 0.479 e. The van der Waals surface area contributed by atoms with E-state index in [4.69, 9.17) is 5.11 Å². The van der Waals surface area contributed by atoms with Crippen molar-refractivity contribution in [2.24, 2.45) is 0 Å². The number of carbonyl (C=O) groups excluding carboxylic acids is 1. The minimum Gasteiger partial charge on any atom is -0.479 e. The second-order valence-corrected chi connectivity index (χ2v) is 3.84. The Balaban J connectivity index is 3.05. The highest BCUT2D eigenvalue weighted by Gasteiger charge is 2.38. The summed E-state index contributed by atoms with van der Waals surface area (Å²) in [4.78, 5) is 25.8. The molecule has 0 aliphatic carbocycles. The van der Waals surface area contributed by atoms with Crippen molar-refractivity contribution in [3.63, 3.8) is 0 Å². The highest BCUT2D eigenvalue weighted by Crippen LogP contribution is 2.22. The summed E-state index contributed by atoms with van der Waals surface area (Å²) in [6.45, 7) is 2.68. The van der Waals surface area contributed by atoms with Crippen LogP contribution in [0, 0.1) is 0 Å². The van der Waals surface area contributed by atoms with Crippen LogP contribution in [0.1, 0.15) is 18.9 Å². The van der Waals surface area contributed by atoms with Crippen molar-refractivity contribution in [2.45, 2.75) is 19.4 Å². The van der Waals surface area contributed by atoms with E-state index in [1.165, 1.54) is 31.4 Å². The predicted molar refractivity (Wildman–Crippen MR) is 50.9 cm³/mol. The minimum atomic E-state index is -1.43. The van der Waals surface area contributed by atoms with Gasteiger partial charge in [-0.15, -0.1) is 11.3 Å². The third-order valence-electron chi connectivity index (χ3n) is 1.71. The van der Waals surface area contributed by atoms with Gasteiger partial charge in [-0.1, -0.05) is 0 Å². The average Bonchev–Trinajstić information content (AvgIpc) is 2.53. The first-order valence-electron chi connectivity index (χ1n) is 3.89. The number of hydrogen-bond donors (Lipinski definition) is 2. The molecule has 0 bridgehead atoms. The number of carbonyl (C=O) groups is 2. The van der Waals surface area contributed by atoms with Gasteiger partial charge >= 0.3 is 5.97 Å². The Morgan fingerprint density at radius 2 is 2.29 bits per heavy atom. The molecule has 0 spiro atoms. The molecule has 6 heteroatoms. The molecule has 0 saturated carbocycles. The Hall–Kier alpha value is -1.43. The number of hydrogen-bond acceptors (Lipinski definition) is 4. The van der Waals surface area contributed by atoms with Crippen LogP contribution in [0.25, 0.3) is 0 Å². The van der Waals surface area contributed by atoms with Crippen molar-refractivity contribution in [3.05, 3.63) is 16.6 Å². The number of nitrogens with one attached hydrogen (secondary N) is 1. The third-order valence-corrected chi connectivity index (χ3v) is 2.71. The first kappa shape index (κ1) is 10.6. The molecule has 1 aromatic rings. The van der Waals surface area contributed by atoms with E-state index < -0.39 is 17.4 Å². The summed E-state index contributed by atoms with van der Waals surface area (Å²) < 4.78 is 0. The minimum absolute atomic E-state index is 0.361. The molecule has 1 heterocycles. The summed E-state index contributed by atoms with van der Waals surface area (Å²) in [5, 5.41) is 13.4. The van der Waals surface area contributed by atoms with Gasteiger partial charge in [-0.05, 0) is 6.92 Å². The maximum atomic E-state index is 11.0. The van der Waals surface area contributed by atoms with Crippen LogP contribution in [0.3, 0.4) is 0 Å². The molecule has 14 heavy (non-hydrogen) atoms. The Kier molecular flexibility index (Phi) is 2.85. The number of thiazole rings is 1. The fraction of sp³-hybridized carbons (Fsp3) is 0.375. The molecule has 0 radical (unpaired) electrons. The number of amides is 1. The van der Waals surface area contributed by atoms with Gasteiger partial charge in [0.25, 0.3) is 0 Å². The van der Waals surface area contributed by atoms with E-state index >= 15 is 0 Å². The SMILES string of the molecule is CC(=O)NC(C)(C(=O)O)c1nccs1. The second kappa shape index (κ2) is 3.75. The van der Waals surface area contributed by atoms with Crippen LogP contribution >= 0.6 is 11.3 Å². The van der Waals surface area contributed by atoms with E-state index in [-0.39, 0.29) is 0 Å². The van der Waals surface area contributed by atoms with Crippen molar-refractivity contribution >= 4 is 23.2 Å². The maximum Gasteiger partial charge on any atom is 0.336 e. The average molecular weight is 214 g/mol. The lowest BCUT2D eigenvalue weighted by atomic mass is 10.0. The number of aliphatic carboxylic acids is 1. The van der Waals surface area contributed by atoms with Crippen LogP contribution < -0.4 is 5.32 Å². The monoisotopic (exact) mass is 214 g/mol. The summed E-state index contributed by atoms with van der Waals surface area (Å²) in [6, 6.07) is 0. The van der Waals surface area contributed by atoms with Crippen molar-refractivity contribution in [3.8, 4) is 0 Å². The Morgan fingerprint density at radius 1 is 1.64 bits per heavy atom. The first-order chi connectivity index (χ1) is 6.47. The molecule has 1 unspecified atom stereocenters. The normalized spacial score (nSPS) is 14.4. The van der Waals surface area contributed by atoms with Gasteiger partial charge in [-0.25, -0.2) is 9.78 Å². The van der Waals surface area contributed by atoms with E-state index in [1.807, 2.05) is 0 Å². The zero-order chi connectivity index (χ0) is 10.8. The highest BCUT2D eigenvalue weighted by molar-refractivity contribution is 7.09. The number of carboxylic acid groups (broad SMARTS) is 1. The van der Waals surface area contributed by atoms with Gasteiger partial charge in [-0.2, -0.15) is 0 Å². The quantitative estimate of drug-likeness (QED) is 0.771. The van der Waals surface area contributed by atoms with Crippen LogP contribution in [0.5, 0.6) is 0 Å². The molecule has 1 aromatic heterocycles. The zero-order valence-electron chi connectivity index (χ0n) is 7.77. The molecule has 1 amide bonds. The molecule has 0 aromatic carbocycles. The number of aromatic nitrogens is 1. The first-order valence-corrected chi connectivity index (χ1v) is 4.77. The maximum absolute atomic E-state index is 11.0. The van der Waals surface area contributed by atoms with Gasteiger partial charge in [0.05, 0.1) is 0 Å². The van der Waals surface area contributed by atoms with Gasteiger partial charge < -0.3 is 10.4 Å². The van der Waals surface area contributed by atoms with Crippen LogP contribution in [0.4, 0.5) is 0 Å². The number of carboxylic acids is 1. The van der Waals surface area contributed by atoms with Crippen molar-refractivity contribution in [1.82, 2.24) is 10.3 Å². The van der Waals surface area contributed by atoms with Gasteiger partial charge in [0.2, 0.25) is 5.91 Å². The third kappa shape index (κ3) is 1.90. The molecule has 0 fully saturated rings. The van der Waals surface area contributed by atoms with Crippen LogP contribution in [-0.2, 0) is 15.1 Å². The Morgan fingerprint density at radius 3 is 2.64 bits per heavy atom. The predicted octanol–water partition coefficient (Wildman–Crippen LogP) is 0.579. The van der Waals surface area contributed by atoms with Crippen LogP contribution in [0.2, 0.25) is 0 Å². The molecular formula is C8H10N2O3S. The number of nitrogens with zero attached hydrogens (tertiary/aromatic N) is 1. The highest BCUT2D eigenvalue weighted by atomic mass is 32.1. The molecule has 0 aliphatic heterocycles. The molecular weight excluding hydrogens is 204 g/mol. The van der Waals surface area contributed by atoms with E-state index in [9.17, 15) is 9.59 Å². The van der Waals surface area contributed by atoms with E-state index in [1.54, 1.807) is 5.38 Å². The fourth-order valence-electron chi connectivity index (χ4n) is 1.02. The standard InChI is InChI=1S/C8H10N2O3S/c1-5(11)10-8(2,7(12)13)6-9-3-4-14-6/h3-4H,1-2H3,(H,10,11)(H,12,13). The van der Waals surface area contributed by atoms with Crippen LogP contribution in [0.15, 0.2) is 11.6 Å². The molecule has 2 N–H and O–H groups in total. The van der Waals surface area contributed by atoms with E-state index in [0.29, 0.717) is 5.01 Å². The van der Waals surface area contributed by atoms with Crippen LogP contribution in [-0.4, -0.2) is 22.0 Å². The lowest BCUT2D eigenvalue weighted by molar-refractivity contribution is -0.147. The summed E-state index contributed by atoms with van der Waals surface area (Å²) in [5.41, 5.74) is -1.43. The summed E-state index contributed by atoms with van der Waals surface area (Å²) in [6.07, 6.45) is 1.50. The van der Waals surface area contributed by atoms with Crippen molar-refractivity contribution in [1.29, 1.82) is 0 Å². The molecule has 5 nitrogen and oxygen atoms in total. The van der Waals surface area contributed by atoms with E-state index in [0.717, 1.165) is 0 Å². The Bertz CT molecular complexity index is 349. The Labute approximate surface area is 84.8 Å². The fourth-order valence-corrected chi connectivity index (χ4v) is 1.77. The van der Waals surface area contributed by atoms with Gasteiger partial charge in [0, 0.05) is 18.5 Å². The van der Waals surface area contributed by atoms with Gasteiger partial charge in [0.1, 0.15) is 5.01 Å². The number of rotatable bonds is 3. The molecule has 1 rings (SSSR count). The lowest BCUT2D eigenvalue weighted by Gasteiger charge is -2.22. The van der Waals surface area contributed by atoms with Crippen molar-refractivity contribution < 1.29 is 14.7 Å². The summed E-state index contributed by atoms with van der Waals surface area (Å²) in [7, 11) is 0. The molecule has 0 aliphatic rings. The van der Waals surface area contributed by atoms with Gasteiger partial charge in [0.15, 0.2) is 5.54 Å². The summed E-state index contributed by atoms with van der Waals surface area (Å²) in [5.74, 6) is -1.52. The zero-order valence-corrected chi connectivity index (χ0v) is 8.59.